The zero-order valence-corrected chi connectivity index (χ0v) is 19.3. The molecule has 2 aliphatic rings. The Kier molecular flexibility index (Phi) is 6.81. The number of fused-ring (bicyclic) bond motifs is 1. The molecule has 9 nitrogen and oxygen atoms in total. The van der Waals surface area contributed by atoms with E-state index in [1.165, 1.54) is 19.3 Å². The van der Waals surface area contributed by atoms with Crippen molar-refractivity contribution < 1.29 is 14.3 Å². The van der Waals surface area contributed by atoms with Gasteiger partial charge < -0.3 is 20.3 Å². The Hall–Kier alpha value is -2.84. The molecule has 32 heavy (non-hydrogen) atoms. The number of hydrogen-bond acceptors (Lipinski definition) is 5. The van der Waals surface area contributed by atoms with Crippen LogP contribution in [0.2, 0.25) is 0 Å². The molecule has 0 radical (unpaired) electrons. The van der Waals surface area contributed by atoms with Gasteiger partial charge in [-0.15, -0.1) is 5.10 Å². The second-order valence-corrected chi connectivity index (χ2v) is 9.11. The smallest absolute Gasteiger partial charge is 0.317 e. The third kappa shape index (κ3) is 5.14. The Morgan fingerprint density at radius 3 is 2.47 bits per heavy atom. The fraction of sp³-hybridized carbons (Fsp3) is 0.652. The van der Waals surface area contributed by atoms with Gasteiger partial charge in [0.1, 0.15) is 0 Å². The van der Waals surface area contributed by atoms with Crippen molar-refractivity contribution in [1.29, 1.82) is 0 Å². The fourth-order valence-corrected chi connectivity index (χ4v) is 4.79. The normalized spacial score (nSPS) is 18.0. The number of amides is 3. The third-order valence-corrected chi connectivity index (χ3v) is 6.51. The average molecular weight is 443 g/mol. The van der Waals surface area contributed by atoms with Crippen LogP contribution in [0.3, 0.4) is 0 Å². The van der Waals surface area contributed by atoms with E-state index in [1.54, 1.807) is 4.68 Å². The summed E-state index contributed by atoms with van der Waals surface area (Å²) in [4.78, 5) is 31.4. The van der Waals surface area contributed by atoms with E-state index in [2.05, 4.69) is 20.7 Å². The number of hydrogen-bond donors (Lipinski definition) is 2. The first-order valence-electron chi connectivity index (χ1n) is 11.7. The fourth-order valence-electron chi connectivity index (χ4n) is 4.79. The van der Waals surface area contributed by atoms with E-state index in [0.29, 0.717) is 25.0 Å². The molecular weight excluding hydrogens is 408 g/mol. The van der Waals surface area contributed by atoms with Crippen LogP contribution in [-0.4, -0.2) is 63.4 Å². The van der Waals surface area contributed by atoms with E-state index in [-0.39, 0.29) is 24.6 Å². The number of likely N-dealkylation sites (tertiary alicyclic amines) is 1. The van der Waals surface area contributed by atoms with Crippen molar-refractivity contribution in [2.45, 2.75) is 70.9 Å². The van der Waals surface area contributed by atoms with Crippen LogP contribution < -0.4 is 15.4 Å². The number of nitrogens with zero attached hydrogens (tertiary/aromatic N) is 4. The third-order valence-electron chi connectivity index (χ3n) is 6.51. The number of ether oxygens (including phenoxy) is 1. The number of piperidine rings is 1. The lowest BCUT2D eigenvalue weighted by Crippen LogP contribution is -2.52. The van der Waals surface area contributed by atoms with E-state index >= 15 is 0 Å². The molecule has 1 saturated carbocycles. The molecule has 3 amide bonds. The van der Waals surface area contributed by atoms with Crippen molar-refractivity contribution in [2.75, 3.05) is 19.7 Å². The summed E-state index contributed by atoms with van der Waals surface area (Å²) in [5.41, 5.74) is 2.69. The van der Waals surface area contributed by atoms with Crippen LogP contribution in [-0.2, 0) is 11.8 Å². The molecule has 3 heterocycles. The number of nitrogens with one attached hydrogen (secondary N) is 2. The summed E-state index contributed by atoms with van der Waals surface area (Å²) in [6.07, 6.45) is 7.33. The Morgan fingerprint density at radius 1 is 1.06 bits per heavy atom. The molecule has 4 rings (SSSR count). The number of pyridine rings is 1. The molecule has 2 N–H and O–H groups in total. The SMILES string of the molecule is Cc1cc(C)c2c(OCC(=O)NC3CCN(C(=O)NC4CCCCC4)CC3)nn(C)c2n1. The zero-order chi connectivity index (χ0) is 22.7. The highest BCUT2D eigenvalue weighted by Gasteiger charge is 2.26. The number of carbonyl (C=O) groups excluding carboxylic acids is 2. The minimum Gasteiger partial charge on any atom is -0.466 e. The Morgan fingerprint density at radius 2 is 1.75 bits per heavy atom. The van der Waals surface area contributed by atoms with E-state index < -0.39 is 0 Å². The van der Waals surface area contributed by atoms with E-state index in [9.17, 15) is 9.59 Å². The van der Waals surface area contributed by atoms with Crippen LogP contribution >= 0.6 is 0 Å². The molecule has 9 heteroatoms. The number of rotatable bonds is 5. The molecule has 1 aliphatic heterocycles. The van der Waals surface area contributed by atoms with Crippen LogP contribution in [0.5, 0.6) is 5.88 Å². The van der Waals surface area contributed by atoms with Crippen LogP contribution in [0.15, 0.2) is 6.07 Å². The summed E-state index contributed by atoms with van der Waals surface area (Å²) >= 11 is 0. The Bertz CT molecular complexity index is 974. The molecule has 0 bridgehead atoms. The van der Waals surface area contributed by atoms with Gasteiger partial charge in [0.2, 0.25) is 5.88 Å². The minimum atomic E-state index is -0.174. The highest BCUT2D eigenvalue weighted by molar-refractivity contribution is 5.85. The molecule has 2 aromatic heterocycles. The van der Waals surface area contributed by atoms with Crippen LogP contribution in [0.4, 0.5) is 4.79 Å². The van der Waals surface area contributed by atoms with Gasteiger partial charge in [-0.2, -0.15) is 0 Å². The molecule has 0 atom stereocenters. The predicted molar refractivity (Wildman–Crippen MR) is 122 cm³/mol. The molecule has 0 aromatic carbocycles. The van der Waals surface area contributed by atoms with Crippen molar-refractivity contribution in [3.8, 4) is 5.88 Å². The summed E-state index contributed by atoms with van der Waals surface area (Å²) in [6.45, 7) is 5.14. The van der Waals surface area contributed by atoms with Crippen molar-refractivity contribution in [3.05, 3.63) is 17.3 Å². The maximum Gasteiger partial charge on any atom is 0.317 e. The minimum absolute atomic E-state index is 0.0336. The van der Waals surface area contributed by atoms with Crippen LogP contribution in [0, 0.1) is 13.8 Å². The zero-order valence-electron chi connectivity index (χ0n) is 19.3. The number of urea groups is 1. The first kappa shape index (κ1) is 22.4. The summed E-state index contributed by atoms with van der Waals surface area (Å²) in [6, 6.07) is 2.38. The van der Waals surface area contributed by atoms with Gasteiger partial charge in [-0.3, -0.25) is 4.79 Å². The van der Waals surface area contributed by atoms with Crippen molar-refractivity contribution in [3.63, 3.8) is 0 Å². The molecule has 0 unspecified atom stereocenters. The number of aromatic nitrogens is 3. The van der Waals surface area contributed by atoms with E-state index in [1.807, 2.05) is 31.9 Å². The molecule has 2 aromatic rings. The van der Waals surface area contributed by atoms with E-state index in [4.69, 9.17) is 4.74 Å². The van der Waals surface area contributed by atoms with Crippen molar-refractivity contribution in [1.82, 2.24) is 30.3 Å². The highest BCUT2D eigenvalue weighted by atomic mass is 16.5. The number of carbonyl (C=O) groups is 2. The molecule has 174 valence electrons. The molecule has 1 aliphatic carbocycles. The lowest BCUT2D eigenvalue weighted by Gasteiger charge is -2.34. The summed E-state index contributed by atoms with van der Waals surface area (Å²) in [7, 11) is 1.82. The molecule has 1 saturated heterocycles. The maximum atomic E-state index is 12.5. The van der Waals surface area contributed by atoms with Gasteiger partial charge in [0.25, 0.3) is 5.91 Å². The maximum absolute atomic E-state index is 12.5. The Balaban J connectivity index is 1.23. The van der Waals surface area contributed by atoms with Gasteiger partial charge in [0, 0.05) is 37.9 Å². The van der Waals surface area contributed by atoms with Gasteiger partial charge in [-0.25, -0.2) is 14.5 Å². The standard InChI is InChI=1S/C23H34N6O3/c1-15-13-16(2)24-21-20(15)22(27-28(21)3)32-14-19(30)25-18-9-11-29(12-10-18)23(31)26-17-7-5-4-6-8-17/h13,17-18H,4-12,14H2,1-3H3,(H,25,30)(H,26,31). The Labute approximate surface area is 188 Å². The van der Waals surface area contributed by atoms with Gasteiger partial charge in [0.15, 0.2) is 12.3 Å². The monoisotopic (exact) mass is 442 g/mol. The van der Waals surface area contributed by atoms with Crippen LogP contribution in [0.25, 0.3) is 11.0 Å². The first-order chi connectivity index (χ1) is 15.4. The number of aryl methyl sites for hydroxylation is 3. The second-order valence-electron chi connectivity index (χ2n) is 9.11. The topological polar surface area (TPSA) is 101 Å². The molecule has 0 spiro atoms. The van der Waals surface area contributed by atoms with Crippen molar-refractivity contribution in [2.24, 2.45) is 7.05 Å². The molecule has 2 fully saturated rings. The summed E-state index contributed by atoms with van der Waals surface area (Å²) in [5.74, 6) is 0.253. The largest absolute Gasteiger partial charge is 0.466 e. The average Bonchev–Trinajstić information content (AvgIpc) is 3.09. The summed E-state index contributed by atoms with van der Waals surface area (Å²) in [5, 5.41) is 11.4. The first-order valence-corrected chi connectivity index (χ1v) is 11.7. The van der Waals surface area contributed by atoms with Crippen LogP contribution in [0.1, 0.15) is 56.2 Å². The lowest BCUT2D eigenvalue weighted by atomic mass is 9.95. The second kappa shape index (κ2) is 9.75. The molecular formula is C23H34N6O3. The quantitative estimate of drug-likeness (QED) is 0.741. The van der Waals surface area contributed by atoms with Gasteiger partial charge in [-0.1, -0.05) is 19.3 Å². The predicted octanol–water partition coefficient (Wildman–Crippen LogP) is 2.59. The van der Waals surface area contributed by atoms with Gasteiger partial charge in [-0.05, 0) is 51.2 Å². The van der Waals surface area contributed by atoms with E-state index in [0.717, 1.165) is 48.0 Å². The van der Waals surface area contributed by atoms with Gasteiger partial charge >= 0.3 is 6.03 Å². The van der Waals surface area contributed by atoms with Crippen molar-refractivity contribution >= 4 is 23.0 Å². The highest BCUT2D eigenvalue weighted by Crippen LogP contribution is 2.27. The lowest BCUT2D eigenvalue weighted by molar-refractivity contribution is -0.124. The van der Waals surface area contributed by atoms with Gasteiger partial charge in [0.05, 0.1) is 5.39 Å². The summed E-state index contributed by atoms with van der Waals surface area (Å²) < 4.78 is 7.43.